The van der Waals surface area contributed by atoms with Crippen molar-refractivity contribution in [2.45, 2.75) is 46.2 Å². The van der Waals surface area contributed by atoms with Crippen LogP contribution in [0.4, 0.5) is 10.1 Å². The van der Waals surface area contributed by atoms with E-state index in [1.807, 2.05) is 46.4 Å². The monoisotopic (exact) mass is 379 g/mol. The Morgan fingerprint density at radius 2 is 1.71 bits per heavy atom. The first-order valence-electron chi connectivity index (χ1n) is 9.70. The first-order valence-corrected chi connectivity index (χ1v) is 9.70. The summed E-state index contributed by atoms with van der Waals surface area (Å²) in [5.74, 6) is 0.838. The lowest BCUT2D eigenvalue weighted by molar-refractivity contribution is 0.237. The second-order valence-electron chi connectivity index (χ2n) is 8.32. The Hall–Kier alpha value is -2.62. The average molecular weight is 380 g/mol. The van der Waals surface area contributed by atoms with Gasteiger partial charge >= 0.3 is 0 Å². The van der Waals surface area contributed by atoms with E-state index >= 15 is 0 Å². The molecule has 3 nitrogen and oxygen atoms in total. The number of aryl methyl sites for hydroxylation is 2. The third-order valence-electron chi connectivity index (χ3n) is 5.77. The van der Waals surface area contributed by atoms with Crippen molar-refractivity contribution in [2.75, 3.05) is 19.0 Å². The Morgan fingerprint density at radius 1 is 1.07 bits per heavy atom. The number of imidazole rings is 1. The Morgan fingerprint density at radius 3 is 2.29 bits per heavy atom. The first kappa shape index (κ1) is 20.1. The number of para-hydroxylation sites is 1. The number of hydrogen-bond acceptors (Lipinski definition) is 2. The van der Waals surface area contributed by atoms with Crippen LogP contribution in [0.2, 0.25) is 0 Å². The van der Waals surface area contributed by atoms with Gasteiger partial charge in [0, 0.05) is 43.2 Å². The van der Waals surface area contributed by atoms with E-state index in [9.17, 15) is 4.39 Å². The first-order chi connectivity index (χ1) is 13.1. The van der Waals surface area contributed by atoms with Crippen molar-refractivity contribution in [1.82, 2.24) is 9.55 Å². The molecule has 1 aromatic heterocycles. The van der Waals surface area contributed by atoms with Gasteiger partial charge in [-0.25, -0.2) is 9.37 Å². The highest BCUT2D eigenvalue weighted by Crippen LogP contribution is 2.39. The maximum atomic E-state index is 14.6. The highest BCUT2D eigenvalue weighted by atomic mass is 19.1. The van der Waals surface area contributed by atoms with Crippen LogP contribution in [-0.2, 0) is 5.41 Å². The zero-order chi connectivity index (χ0) is 20.6. The van der Waals surface area contributed by atoms with Crippen LogP contribution in [0.15, 0.2) is 48.8 Å². The van der Waals surface area contributed by atoms with Gasteiger partial charge in [0.25, 0.3) is 0 Å². The maximum absolute atomic E-state index is 14.6. The fraction of sp³-hybridized carbons (Fsp3) is 0.375. The molecule has 0 unspecified atom stereocenters. The van der Waals surface area contributed by atoms with Crippen LogP contribution in [0.1, 0.15) is 37.5 Å². The molecule has 1 heterocycles. The largest absolute Gasteiger partial charge is 0.378 e. The van der Waals surface area contributed by atoms with Gasteiger partial charge in [-0.05, 0) is 49.6 Å². The van der Waals surface area contributed by atoms with Crippen LogP contribution < -0.4 is 4.90 Å². The molecule has 28 heavy (non-hydrogen) atoms. The summed E-state index contributed by atoms with van der Waals surface area (Å²) in [6, 6.07) is 12.5. The Labute approximate surface area is 167 Å². The molecule has 0 saturated heterocycles. The van der Waals surface area contributed by atoms with E-state index in [0.717, 1.165) is 28.3 Å². The van der Waals surface area contributed by atoms with Crippen molar-refractivity contribution in [3.63, 3.8) is 0 Å². The van der Waals surface area contributed by atoms with Crippen LogP contribution in [0.25, 0.3) is 17.1 Å². The molecule has 4 heteroatoms. The summed E-state index contributed by atoms with van der Waals surface area (Å²) in [7, 11) is 4.03. The zero-order valence-electron chi connectivity index (χ0n) is 17.9. The molecule has 0 fully saturated rings. The lowest BCUT2D eigenvalue weighted by Gasteiger charge is -2.30. The van der Waals surface area contributed by atoms with Crippen LogP contribution in [0.5, 0.6) is 0 Å². The minimum Gasteiger partial charge on any atom is -0.378 e. The molecule has 3 aromatic rings. The lowest BCUT2D eigenvalue weighted by atomic mass is 9.78. The molecule has 0 aliphatic rings. The molecule has 0 aliphatic heterocycles. The van der Waals surface area contributed by atoms with Gasteiger partial charge in [-0.3, -0.25) is 4.57 Å². The SMILES string of the molecule is Cc1cccc(C)c1-n1ccnc1-c1cc(N(C)C)ccc1C(C)(C)[C@@H](C)F. The van der Waals surface area contributed by atoms with Gasteiger partial charge in [0.15, 0.2) is 0 Å². The molecule has 0 radical (unpaired) electrons. The number of aromatic nitrogens is 2. The number of hydrogen-bond donors (Lipinski definition) is 0. The quantitative estimate of drug-likeness (QED) is 0.554. The molecule has 1 atom stereocenters. The smallest absolute Gasteiger partial charge is 0.144 e. The lowest BCUT2D eigenvalue weighted by Crippen LogP contribution is -2.29. The van der Waals surface area contributed by atoms with Crippen molar-refractivity contribution < 1.29 is 4.39 Å². The van der Waals surface area contributed by atoms with Gasteiger partial charge in [0.2, 0.25) is 0 Å². The van der Waals surface area contributed by atoms with Crippen molar-refractivity contribution in [2.24, 2.45) is 0 Å². The number of benzene rings is 2. The predicted octanol–water partition coefficient (Wildman–Crippen LogP) is 5.86. The van der Waals surface area contributed by atoms with Crippen molar-refractivity contribution in [1.29, 1.82) is 0 Å². The summed E-state index contributed by atoms with van der Waals surface area (Å²) in [6.45, 7) is 9.76. The number of nitrogens with zero attached hydrogens (tertiary/aromatic N) is 3. The summed E-state index contributed by atoms with van der Waals surface area (Å²) in [5.41, 5.74) is 5.86. The van der Waals surface area contributed by atoms with Crippen molar-refractivity contribution in [3.05, 3.63) is 65.5 Å². The fourth-order valence-electron chi connectivity index (χ4n) is 3.64. The summed E-state index contributed by atoms with van der Waals surface area (Å²) >= 11 is 0. The van der Waals surface area contributed by atoms with Gasteiger partial charge in [-0.1, -0.05) is 38.1 Å². The summed E-state index contributed by atoms with van der Waals surface area (Å²) < 4.78 is 16.7. The molecule has 0 spiro atoms. The molecule has 3 rings (SSSR count). The molecule has 0 saturated carbocycles. The minimum atomic E-state index is -0.986. The maximum Gasteiger partial charge on any atom is 0.144 e. The van der Waals surface area contributed by atoms with Gasteiger partial charge < -0.3 is 4.90 Å². The molecule has 148 valence electrons. The minimum absolute atomic E-state index is 0.627. The van der Waals surface area contributed by atoms with E-state index in [0.29, 0.717) is 0 Å². The van der Waals surface area contributed by atoms with Gasteiger partial charge in [0.05, 0.1) is 5.69 Å². The fourth-order valence-corrected chi connectivity index (χ4v) is 3.64. The molecule has 0 aliphatic carbocycles. The van der Waals surface area contributed by atoms with Gasteiger partial charge in [-0.15, -0.1) is 0 Å². The Bertz CT molecular complexity index is 963. The summed E-state index contributed by atoms with van der Waals surface area (Å²) in [4.78, 5) is 6.76. The molecular formula is C24H30FN3. The standard InChI is InChI=1S/C24H30FN3/c1-16-9-8-10-17(2)22(16)28-14-13-26-23(28)20-15-19(27(6)7)11-12-21(20)24(4,5)18(3)25/h8-15,18H,1-7H3/t18-/m1/s1. The zero-order valence-corrected chi connectivity index (χ0v) is 17.9. The van der Waals surface area contributed by atoms with E-state index < -0.39 is 11.6 Å². The number of alkyl halides is 1. The molecule has 0 amide bonds. The van der Waals surface area contributed by atoms with Crippen LogP contribution in [-0.4, -0.2) is 29.8 Å². The highest BCUT2D eigenvalue weighted by Gasteiger charge is 2.32. The van der Waals surface area contributed by atoms with Crippen molar-refractivity contribution >= 4 is 5.69 Å². The number of rotatable bonds is 5. The van der Waals surface area contributed by atoms with Crippen LogP contribution >= 0.6 is 0 Å². The Balaban J connectivity index is 2.31. The third-order valence-corrected chi connectivity index (χ3v) is 5.77. The second kappa shape index (κ2) is 7.42. The molecule has 0 bridgehead atoms. The Kier molecular flexibility index (Phi) is 5.33. The second-order valence-corrected chi connectivity index (χ2v) is 8.32. The van der Waals surface area contributed by atoms with Gasteiger partial charge in [0.1, 0.15) is 12.0 Å². The van der Waals surface area contributed by atoms with Gasteiger partial charge in [-0.2, -0.15) is 0 Å². The molecule has 0 N–H and O–H groups in total. The number of anilines is 1. The van der Waals surface area contributed by atoms with E-state index in [2.05, 4.69) is 53.6 Å². The van der Waals surface area contributed by atoms with Crippen LogP contribution in [0.3, 0.4) is 0 Å². The molecule has 2 aromatic carbocycles. The summed E-state index contributed by atoms with van der Waals surface area (Å²) in [6.07, 6.45) is 2.82. The van der Waals surface area contributed by atoms with E-state index in [1.165, 1.54) is 11.1 Å². The average Bonchev–Trinajstić information content (AvgIpc) is 3.10. The van der Waals surface area contributed by atoms with Crippen LogP contribution in [0, 0.1) is 13.8 Å². The normalized spacial score (nSPS) is 12.9. The van der Waals surface area contributed by atoms with E-state index in [-0.39, 0.29) is 0 Å². The van der Waals surface area contributed by atoms with E-state index in [4.69, 9.17) is 4.98 Å². The summed E-state index contributed by atoms with van der Waals surface area (Å²) in [5, 5.41) is 0. The number of halogens is 1. The predicted molar refractivity (Wildman–Crippen MR) is 116 cm³/mol. The molecular weight excluding hydrogens is 349 g/mol. The highest BCUT2D eigenvalue weighted by molar-refractivity contribution is 5.71. The topological polar surface area (TPSA) is 21.1 Å². The third kappa shape index (κ3) is 3.44. The van der Waals surface area contributed by atoms with E-state index in [1.54, 1.807) is 6.92 Å². The van der Waals surface area contributed by atoms with Crippen molar-refractivity contribution in [3.8, 4) is 17.1 Å².